The van der Waals surface area contributed by atoms with Crippen molar-refractivity contribution in [2.24, 2.45) is 5.92 Å². The molecule has 0 fully saturated rings. The van der Waals surface area contributed by atoms with Crippen molar-refractivity contribution in [2.75, 3.05) is 18.5 Å². The Labute approximate surface area is 192 Å². The number of aliphatic hydroxyl groups excluding tert-OH is 2. The van der Waals surface area contributed by atoms with Crippen molar-refractivity contribution < 1.29 is 15.0 Å². The van der Waals surface area contributed by atoms with E-state index in [4.69, 9.17) is 0 Å². The van der Waals surface area contributed by atoms with Crippen molar-refractivity contribution in [3.63, 3.8) is 0 Å². The lowest BCUT2D eigenvalue weighted by Gasteiger charge is -2.40. The molecule has 3 N–H and O–H groups in total. The molecule has 1 aliphatic rings. The van der Waals surface area contributed by atoms with Crippen molar-refractivity contribution in [3.8, 4) is 11.1 Å². The normalized spacial score (nSPS) is 16.2. The first kappa shape index (κ1) is 22.5. The van der Waals surface area contributed by atoms with Crippen molar-refractivity contribution >= 4 is 22.2 Å². The lowest BCUT2D eigenvalue weighted by Crippen LogP contribution is -2.54. The molecule has 2 aromatic heterocycles. The fourth-order valence-corrected chi connectivity index (χ4v) is 5.63. The van der Waals surface area contributed by atoms with E-state index in [-0.39, 0.29) is 12.5 Å². The van der Waals surface area contributed by atoms with E-state index in [9.17, 15) is 15.0 Å². The van der Waals surface area contributed by atoms with Gasteiger partial charge in [0, 0.05) is 41.7 Å². The molecule has 1 aromatic carbocycles. The van der Waals surface area contributed by atoms with Crippen LogP contribution >= 0.6 is 11.3 Å². The lowest BCUT2D eigenvalue weighted by atomic mass is 9.95. The number of nitrogens with zero attached hydrogens (tertiary/aromatic N) is 3. The molecule has 3 heterocycles. The third-order valence-electron chi connectivity index (χ3n) is 5.96. The highest BCUT2D eigenvalue weighted by Gasteiger charge is 2.39. The van der Waals surface area contributed by atoms with E-state index in [1.54, 1.807) is 18.4 Å². The zero-order valence-corrected chi connectivity index (χ0v) is 20.0. The van der Waals surface area contributed by atoms with Gasteiger partial charge in [-0.15, -0.1) is 11.3 Å². The van der Waals surface area contributed by atoms with Crippen LogP contribution in [0.5, 0.6) is 0 Å². The van der Waals surface area contributed by atoms with E-state index < -0.39 is 6.35 Å². The van der Waals surface area contributed by atoms with Crippen LogP contribution in [0.15, 0.2) is 24.3 Å². The highest BCUT2D eigenvalue weighted by molar-refractivity contribution is 7.17. The van der Waals surface area contributed by atoms with E-state index in [1.165, 1.54) is 4.90 Å². The number of carbonyl (C=O) groups is 1. The molecule has 32 heavy (non-hydrogen) atoms. The molecule has 0 spiro atoms. The number of aromatic amines is 1. The number of aryl methyl sites for hydroxylation is 2. The first-order chi connectivity index (χ1) is 15.2. The van der Waals surface area contributed by atoms with Gasteiger partial charge in [-0.05, 0) is 37.0 Å². The maximum absolute atomic E-state index is 13.4. The molecule has 8 heteroatoms. The number of amides is 1. The summed E-state index contributed by atoms with van der Waals surface area (Å²) < 4.78 is 0. The maximum atomic E-state index is 13.4. The summed E-state index contributed by atoms with van der Waals surface area (Å²) in [5.74, 6) is 0.115. The number of thiophene rings is 1. The van der Waals surface area contributed by atoms with Gasteiger partial charge in [-0.1, -0.05) is 32.0 Å². The zero-order valence-electron chi connectivity index (χ0n) is 19.1. The van der Waals surface area contributed by atoms with Crippen molar-refractivity contribution in [1.29, 1.82) is 0 Å². The Balaban J connectivity index is 1.96. The Morgan fingerprint density at radius 2 is 2.00 bits per heavy atom. The van der Waals surface area contributed by atoms with Crippen molar-refractivity contribution in [2.45, 2.75) is 47.1 Å². The number of nitrogens with one attached hydrogen (secondary N) is 1. The van der Waals surface area contributed by atoms with Gasteiger partial charge in [-0.2, -0.15) is 5.10 Å². The molecule has 0 aliphatic carbocycles. The Kier molecular flexibility index (Phi) is 6.11. The Morgan fingerprint density at radius 1 is 1.25 bits per heavy atom. The third kappa shape index (κ3) is 3.83. The van der Waals surface area contributed by atoms with Crippen molar-refractivity contribution in [1.82, 2.24) is 15.1 Å². The third-order valence-corrected chi connectivity index (χ3v) is 7.19. The number of aliphatic hydroxyl groups is 2. The Morgan fingerprint density at radius 3 is 2.62 bits per heavy atom. The van der Waals surface area contributed by atoms with Gasteiger partial charge in [-0.25, -0.2) is 0 Å². The van der Waals surface area contributed by atoms with Crippen LogP contribution in [-0.4, -0.2) is 51.2 Å². The molecule has 7 nitrogen and oxygen atoms in total. The minimum atomic E-state index is -1.00. The second kappa shape index (κ2) is 8.69. The second-order valence-electron chi connectivity index (χ2n) is 8.84. The number of H-pyrrole nitrogens is 1. The first-order valence-electron chi connectivity index (χ1n) is 10.8. The lowest BCUT2D eigenvalue weighted by molar-refractivity contribution is 0.0133. The van der Waals surface area contributed by atoms with Crippen LogP contribution in [0.3, 0.4) is 0 Å². The molecule has 170 valence electrons. The van der Waals surface area contributed by atoms with E-state index in [2.05, 4.69) is 24.0 Å². The number of aromatic nitrogens is 2. The average Bonchev–Trinajstić information content (AvgIpc) is 3.30. The highest BCUT2D eigenvalue weighted by Crippen LogP contribution is 2.47. The summed E-state index contributed by atoms with van der Waals surface area (Å²) in [5.41, 5.74) is 6.23. The van der Waals surface area contributed by atoms with Gasteiger partial charge in [0.05, 0.1) is 17.9 Å². The zero-order chi connectivity index (χ0) is 23.2. The number of hydrogen-bond acceptors (Lipinski definition) is 6. The average molecular weight is 455 g/mol. The second-order valence-corrected chi connectivity index (χ2v) is 9.92. The molecule has 1 aliphatic heterocycles. The smallest absolute Gasteiger partial charge is 0.260 e. The summed E-state index contributed by atoms with van der Waals surface area (Å²) in [6, 6.07) is 7.69. The number of anilines is 1. The molecule has 1 amide bonds. The van der Waals surface area contributed by atoms with Gasteiger partial charge in [0.15, 0.2) is 0 Å². The van der Waals surface area contributed by atoms with Gasteiger partial charge in [0.2, 0.25) is 6.35 Å². The van der Waals surface area contributed by atoms with Crippen LogP contribution in [-0.2, 0) is 13.0 Å². The number of rotatable bonds is 6. The first-order valence-corrected chi connectivity index (χ1v) is 11.6. The van der Waals surface area contributed by atoms with E-state index in [0.717, 1.165) is 43.5 Å². The molecule has 3 aromatic rings. The number of carbonyl (C=O) groups excluding carboxylic acids is 1. The standard InChI is InChI=1S/C24H30N4O3S/c1-13(2)11-28-23-21(22(30)27(5)24(28)31)20(17-8-6-7-16(9-17)12-29)19(32-23)10-18-14(3)25-26-15(18)4/h6-9,13,24,29,31H,10-12H2,1-5H3,(H,25,26). The molecular weight excluding hydrogens is 424 g/mol. The van der Waals surface area contributed by atoms with Crippen LogP contribution in [0.2, 0.25) is 0 Å². The van der Waals surface area contributed by atoms with Crippen LogP contribution < -0.4 is 4.90 Å². The monoisotopic (exact) mass is 454 g/mol. The van der Waals surface area contributed by atoms with Crippen molar-refractivity contribution in [3.05, 3.63) is 57.2 Å². The Bertz CT molecular complexity index is 1130. The summed E-state index contributed by atoms with van der Waals surface area (Å²) in [4.78, 5) is 17.8. The van der Waals surface area contributed by atoms with Gasteiger partial charge in [-0.3, -0.25) is 14.8 Å². The molecule has 0 bridgehead atoms. The Hall–Kier alpha value is -2.68. The van der Waals surface area contributed by atoms with Gasteiger partial charge in [0.1, 0.15) is 5.00 Å². The minimum Gasteiger partial charge on any atom is -0.392 e. The molecule has 0 saturated carbocycles. The minimum absolute atomic E-state index is 0.0680. The molecule has 0 saturated heterocycles. The predicted molar refractivity (Wildman–Crippen MR) is 127 cm³/mol. The number of hydrogen-bond donors (Lipinski definition) is 3. The predicted octanol–water partition coefficient (Wildman–Crippen LogP) is 3.66. The summed E-state index contributed by atoms with van der Waals surface area (Å²) in [7, 11) is 1.64. The quantitative estimate of drug-likeness (QED) is 0.529. The van der Waals surface area contributed by atoms with Gasteiger partial charge >= 0.3 is 0 Å². The largest absolute Gasteiger partial charge is 0.392 e. The van der Waals surface area contributed by atoms with Crippen LogP contribution in [0.25, 0.3) is 11.1 Å². The van der Waals surface area contributed by atoms with E-state index >= 15 is 0 Å². The van der Waals surface area contributed by atoms with E-state index in [1.807, 2.05) is 43.0 Å². The SMILES string of the molecule is Cc1n[nH]c(C)c1Cc1sc2c(c1-c1cccc(CO)c1)C(=O)N(C)C(O)N2CC(C)C. The fourth-order valence-electron chi connectivity index (χ4n) is 4.28. The molecule has 4 rings (SSSR count). The van der Waals surface area contributed by atoms with Crippen LogP contribution in [0, 0.1) is 19.8 Å². The molecular formula is C24H30N4O3S. The van der Waals surface area contributed by atoms with E-state index in [0.29, 0.717) is 24.4 Å². The number of fused-ring (bicyclic) bond motifs is 1. The molecule has 1 atom stereocenters. The van der Waals surface area contributed by atoms with Crippen LogP contribution in [0.1, 0.15) is 51.6 Å². The van der Waals surface area contributed by atoms with Gasteiger partial charge < -0.3 is 15.1 Å². The number of benzene rings is 1. The van der Waals surface area contributed by atoms with Gasteiger partial charge in [0.25, 0.3) is 5.91 Å². The summed E-state index contributed by atoms with van der Waals surface area (Å²) >= 11 is 1.56. The highest BCUT2D eigenvalue weighted by atomic mass is 32.1. The topological polar surface area (TPSA) is 92.7 Å². The molecule has 1 unspecified atom stereocenters. The molecule has 0 radical (unpaired) electrons. The summed E-state index contributed by atoms with van der Waals surface area (Å²) in [6.45, 7) is 8.74. The summed E-state index contributed by atoms with van der Waals surface area (Å²) in [6.07, 6.45) is -0.370. The van der Waals surface area contributed by atoms with Crippen LogP contribution in [0.4, 0.5) is 5.00 Å². The fraction of sp³-hybridized carbons (Fsp3) is 0.417. The maximum Gasteiger partial charge on any atom is 0.260 e. The summed E-state index contributed by atoms with van der Waals surface area (Å²) in [5, 5.41) is 28.8.